The van der Waals surface area contributed by atoms with E-state index < -0.39 is 0 Å². The Morgan fingerprint density at radius 1 is 1.64 bits per heavy atom. The summed E-state index contributed by atoms with van der Waals surface area (Å²) in [6.07, 6.45) is 7.45. The van der Waals surface area contributed by atoms with Crippen LogP contribution in [0.25, 0.3) is 0 Å². The molecule has 2 unspecified atom stereocenters. The third-order valence-corrected chi connectivity index (χ3v) is 3.08. The number of thiophene rings is 1. The second-order valence-electron chi connectivity index (χ2n) is 3.48. The van der Waals surface area contributed by atoms with Gasteiger partial charge in [0.25, 0.3) is 0 Å². The Labute approximate surface area is 90.5 Å². The molecule has 1 N–H and O–H groups in total. The second kappa shape index (κ2) is 5.85. The average molecular weight is 207 g/mol. The van der Waals surface area contributed by atoms with Crippen LogP contribution in [0.3, 0.4) is 0 Å². The summed E-state index contributed by atoms with van der Waals surface area (Å²) < 4.78 is 0. The molecule has 0 spiro atoms. The van der Waals surface area contributed by atoms with E-state index >= 15 is 0 Å². The van der Waals surface area contributed by atoms with Crippen molar-refractivity contribution in [3.63, 3.8) is 0 Å². The average Bonchev–Trinajstić information content (AvgIpc) is 2.66. The van der Waals surface area contributed by atoms with Crippen LogP contribution in [0.1, 0.15) is 25.1 Å². The predicted molar refractivity (Wildman–Crippen MR) is 63.5 cm³/mol. The van der Waals surface area contributed by atoms with Gasteiger partial charge in [0.15, 0.2) is 0 Å². The molecule has 1 heterocycles. The molecule has 0 amide bonds. The summed E-state index contributed by atoms with van der Waals surface area (Å²) in [5.41, 5.74) is 0. The van der Waals surface area contributed by atoms with Crippen molar-refractivity contribution in [1.82, 2.24) is 5.32 Å². The minimum absolute atomic E-state index is 0.213. The summed E-state index contributed by atoms with van der Waals surface area (Å²) in [4.78, 5) is 1.41. The monoisotopic (exact) mass is 207 g/mol. The fourth-order valence-corrected chi connectivity index (χ4v) is 2.25. The van der Waals surface area contributed by atoms with Gasteiger partial charge in [-0.25, -0.2) is 0 Å². The van der Waals surface area contributed by atoms with Gasteiger partial charge in [0, 0.05) is 10.9 Å². The Morgan fingerprint density at radius 2 is 2.43 bits per heavy atom. The third-order valence-electron chi connectivity index (χ3n) is 2.18. The maximum absolute atomic E-state index is 5.40. The van der Waals surface area contributed by atoms with Crippen LogP contribution in [0.15, 0.2) is 17.5 Å². The molecule has 1 nitrogen and oxygen atoms in total. The SMILES string of the molecule is C#CC(CC)NC(C)Cc1cccs1. The van der Waals surface area contributed by atoms with E-state index in [2.05, 4.69) is 42.6 Å². The first-order valence-electron chi connectivity index (χ1n) is 5.00. The Kier molecular flexibility index (Phi) is 4.72. The molecule has 0 saturated carbocycles. The topological polar surface area (TPSA) is 12.0 Å². The molecule has 0 aromatic carbocycles. The molecule has 0 aliphatic heterocycles. The number of hydrogen-bond donors (Lipinski definition) is 1. The highest BCUT2D eigenvalue weighted by atomic mass is 32.1. The van der Waals surface area contributed by atoms with Gasteiger partial charge in [-0.05, 0) is 31.2 Å². The largest absolute Gasteiger partial charge is 0.301 e. The summed E-state index contributed by atoms with van der Waals surface area (Å²) >= 11 is 1.80. The number of hydrogen-bond acceptors (Lipinski definition) is 2. The number of nitrogens with one attached hydrogen (secondary N) is 1. The van der Waals surface area contributed by atoms with E-state index in [-0.39, 0.29) is 6.04 Å². The van der Waals surface area contributed by atoms with E-state index in [9.17, 15) is 0 Å². The lowest BCUT2D eigenvalue weighted by Gasteiger charge is -2.17. The summed E-state index contributed by atoms with van der Waals surface area (Å²) in [6, 6.07) is 4.92. The van der Waals surface area contributed by atoms with Crippen molar-refractivity contribution in [3.8, 4) is 12.3 Å². The zero-order valence-corrected chi connectivity index (χ0v) is 9.60. The molecule has 2 atom stereocenters. The Balaban J connectivity index is 2.36. The zero-order valence-electron chi connectivity index (χ0n) is 8.79. The molecule has 1 aromatic rings. The highest BCUT2D eigenvalue weighted by Gasteiger charge is 2.08. The van der Waals surface area contributed by atoms with Gasteiger partial charge in [0.1, 0.15) is 0 Å². The van der Waals surface area contributed by atoms with Gasteiger partial charge in [-0.15, -0.1) is 17.8 Å². The van der Waals surface area contributed by atoms with Gasteiger partial charge in [0.2, 0.25) is 0 Å². The summed E-state index contributed by atoms with van der Waals surface area (Å²) in [5, 5.41) is 5.54. The molecule has 1 aromatic heterocycles. The maximum atomic E-state index is 5.40. The molecule has 2 heteroatoms. The number of terminal acetylenes is 1. The molecule has 76 valence electrons. The lowest BCUT2D eigenvalue weighted by atomic mass is 10.1. The van der Waals surface area contributed by atoms with Crippen molar-refractivity contribution in [2.45, 2.75) is 38.8 Å². The first kappa shape index (κ1) is 11.3. The van der Waals surface area contributed by atoms with Gasteiger partial charge in [-0.1, -0.05) is 18.9 Å². The van der Waals surface area contributed by atoms with Crippen LogP contribution in [-0.4, -0.2) is 12.1 Å². The fourth-order valence-electron chi connectivity index (χ4n) is 1.42. The Bertz CT molecular complexity index is 284. The molecule has 14 heavy (non-hydrogen) atoms. The predicted octanol–water partition coefficient (Wildman–Crippen LogP) is 2.68. The maximum Gasteiger partial charge on any atom is 0.0686 e. The lowest BCUT2D eigenvalue weighted by molar-refractivity contribution is 0.495. The summed E-state index contributed by atoms with van der Waals surface area (Å²) in [7, 11) is 0. The fraction of sp³-hybridized carbons (Fsp3) is 0.500. The molecular weight excluding hydrogens is 190 g/mol. The van der Waals surface area contributed by atoms with E-state index in [0.717, 1.165) is 12.8 Å². The molecular formula is C12H17NS. The third kappa shape index (κ3) is 3.53. The first-order chi connectivity index (χ1) is 6.76. The second-order valence-corrected chi connectivity index (χ2v) is 4.51. The van der Waals surface area contributed by atoms with Gasteiger partial charge in [-0.2, -0.15) is 0 Å². The van der Waals surface area contributed by atoms with E-state index in [1.807, 2.05) is 0 Å². The van der Waals surface area contributed by atoms with Crippen molar-refractivity contribution < 1.29 is 0 Å². The van der Waals surface area contributed by atoms with Crippen molar-refractivity contribution in [2.75, 3.05) is 0 Å². The van der Waals surface area contributed by atoms with Crippen LogP contribution in [0.5, 0.6) is 0 Å². The normalized spacial score (nSPS) is 14.6. The van der Waals surface area contributed by atoms with E-state index in [4.69, 9.17) is 6.42 Å². The van der Waals surface area contributed by atoms with Crippen molar-refractivity contribution >= 4 is 11.3 Å². The Hall–Kier alpha value is -0.780. The van der Waals surface area contributed by atoms with E-state index in [1.54, 1.807) is 11.3 Å². The van der Waals surface area contributed by atoms with Crippen LogP contribution in [0.4, 0.5) is 0 Å². The minimum Gasteiger partial charge on any atom is -0.301 e. The van der Waals surface area contributed by atoms with Crippen LogP contribution in [0.2, 0.25) is 0 Å². The van der Waals surface area contributed by atoms with Gasteiger partial charge in [-0.3, -0.25) is 0 Å². The van der Waals surface area contributed by atoms with Crippen LogP contribution >= 0.6 is 11.3 Å². The van der Waals surface area contributed by atoms with Gasteiger partial charge < -0.3 is 5.32 Å². The standard InChI is InChI=1S/C12H17NS/c1-4-11(5-2)13-10(3)9-12-7-6-8-14-12/h1,6-8,10-11,13H,5,9H2,2-3H3. The molecule has 0 fully saturated rings. The minimum atomic E-state index is 0.213. The van der Waals surface area contributed by atoms with Gasteiger partial charge >= 0.3 is 0 Å². The zero-order chi connectivity index (χ0) is 10.4. The van der Waals surface area contributed by atoms with Crippen LogP contribution in [-0.2, 0) is 6.42 Å². The molecule has 0 aliphatic rings. The molecule has 0 radical (unpaired) electrons. The highest BCUT2D eigenvalue weighted by Crippen LogP contribution is 2.11. The Morgan fingerprint density at radius 3 is 2.93 bits per heavy atom. The number of rotatable bonds is 5. The summed E-state index contributed by atoms with van der Waals surface area (Å²) in [6.45, 7) is 4.29. The molecule has 0 aliphatic carbocycles. The highest BCUT2D eigenvalue weighted by molar-refractivity contribution is 7.09. The molecule has 0 saturated heterocycles. The first-order valence-corrected chi connectivity index (χ1v) is 5.88. The quantitative estimate of drug-likeness (QED) is 0.732. The van der Waals surface area contributed by atoms with Crippen molar-refractivity contribution in [2.24, 2.45) is 0 Å². The summed E-state index contributed by atoms with van der Waals surface area (Å²) in [5.74, 6) is 2.75. The lowest BCUT2D eigenvalue weighted by Crippen LogP contribution is -2.36. The molecule has 1 rings (SSSR count). The van der Waals surface area contributed by atoms with Crippen molar-refractivity contribution in [3.05, 3.63) is 22.4 Å². The van der Waals surface area contributed by atoms with Gasteiger partial charge in [0.05, 0.1) is 6.04 Å². The van der Waals surface area contributed by atoms with E-state index in [0.29, 0.717) is 6.04 Å². The van der Waals surface area contributed by atoms with Crippen LogP contribution < -0.4 is 5.32 Å². The van der Waals surface area contributed by atoms with Crippen molar-refractivity contribution in [1.29, 1.82) is 0 Å². The van der Waals surface area contributed by atoms with Crippen LogP contribution in [0, 0.1) is 12.3 Å². The molecule has 0 bridgehead atoms. The smallest absolute Gasteiger partial charge is 0.0686 e. The van der Waals surface area contributed by atoms with E-state index in [1.165, 1.54) is 4.88 Å².